The third kappa shape index (κ3) is 5.21. The quantitative estimate of drug-likeness (QED) is 0.412. The van der Waals surface area contributed by atoms with Crippen molar-refractivity contribution < 1.29 is 28.4 Å². The van der Waals surface area contributed by atoms with Crippen LogP contribution in [0, 0.1) is 6.92 Å². The topological polar surface area (TPSA) is 71.1 Å². The fourth-order valence-corrected chi connectivity index (χ4v) is 4.26. The minimum absolute atomic E-state index is 0.108. The van der Waals surface area contributed by atoms with Gasteiger partial charge in [-0.05, 0) is 63.7 Å². The van der Waals surface area contributed by atoms with E-state index >= 15 is 0 Å². The SMILES string of the molecule is Cc1ccccc1C(=O)OC1(C(=O)OCc2ccccc2)CC=C(B2OC(C)(C)C(C)(C)O2)CC1. The maximum absolute atomic E-state index is 13.4. The van der Waals surface area contributed by atoms with Crippen LogP contribution in [0.4, 0.5) is 0 Å². The van der Waals surface area contributed by atoms with Crippen molar-refractivity contribution in [3.05, 3.63) is 82.8 Å². The number of esters is 2. The summed E-state index contributed by atoms with van der Waals surface area (Å²) in [6.45, 7) is 9.97. The summed E-state index contributed by atoms with van der Waals surface area (Å²) < 4.78 is 24.0. The molecule has 0 radical (unpaired) electrons. The zero-order valence-corrected chi connectivity index (χ0v) is 21.1. The molecule has 0 spiro atoms. The minimum atomic E-state index is -1.42. The average molecular weight is 476 g/mol. The lowest BCUT2D eigenvalue weighted by molar-refractivity contribution is -0.168. The lowest BCUT2D eigenvalue weighted by atomic mass is 9.69. The molecule has 0 aromatic heterocycles. The second kappa shape index (κ2) is 9.63. The van der Waals surface area contributed by atoms with E-state index < -0.39 is 35.9 Å². The first kappa shape index (κ1) is 25.2. The predicted molar refractivity (Wildman–Crippen MR) is 134 cm³/mol. The molecule has 2 aliphatic rings. The van der Waals surface area contributed by atoms with Gasteiger partial charge in [0.25, 0.3) is 0 Å². The van der Waals surface area contributed by atoms with E-state index in [1.165, 1.54) is 0 Å². The normalized spacial score (nSPS) is 22.9. The van der Waals surface area contributed by atoms with Gasteiger partial charge in [0, 0.05) is 12.8 Å². The number of carbonyl (C=O) groups is 2. The molecule has 1 fully saturated rings. The van der Waals surface area contributed by atoms with Crippen molar-refractivity contribution in [2.45, 2.75) is 77.3 Å². The molecule has 6 nitrogen and oxygen atoms in total. The zero-order valence-electron chi connectivity index (χ0n) is 21.1. The van der Waals surface area contributed by atoms with Crippen LogP contribution in [0.1, 0.15) is 68.4 Å². The Morgan fingerprint density at radius 3 is 2.17 bits per heavy atom. The summed E-state index contributed by atoms with van der Waals surface area (Å²) >= 11 is 0. The van der Waals surface area contributed by atoms with Crippen LogP contribution in [-0.4, -0.2) is 35.9 Å². The number of aryl methyl sites for hydroxylation is 1. The van der Waals surface area contributed by atoms with Gasteiger partial charge in [0.15, 0.2) is 0 Å². The van der Waals surface area contributed by atoms with E-state index in [9.17, 15) is 9.59 Å². The third-order valence-corrected chi connectivity index (χ3v) is 7.31. The molecule has 4 rings (SSSR count). The Balaban J connectivity index is 1.56. The third-order valence-electron chi connectivity index (χ3n) is 7.31. The number of rotatable bonds is 6. The van der Waals surface area contributed by atoms with Crippen LogP contribution in [0.3, 0.4) is 0 Å². The molecule has 1 heterocycles. The molecular weight excluding hydrogens is 443 g/mol. The van der Waals surface area contributed by atoms with E-state index in [1.807, 2.05) is 83.2 Å². The van der Waals surface area contributed by atoms with Gasteiger partial charge < -0.3 is 18.8 Å². The minimum Gasteiger partial charge on any atom is -0.458 e. The first-order valence-electron chi connectivity index (χ1n) is 12.1. The lowest BCUT2D eigenvalue weighted by Crippen LogP contribution is -2.46. The van der Waals surface area contributed by atoms with Crippen LogP contribution in [0.2, 0.25) is 0 Å². The first-order chi connectivity index (χ1) is 16.5. The van der Waals surface area contributed by atoms with Crippen LogP contribution in [-0.2, 0) is 30.2 Å². The molecule has 2 aromatic rings. The van der Waals surface area contributed by atoms with Crippen LogP contribution in [0.15, 0.2) is 66.1 Å². The smallest absolute Gasteiger partial charge is 0.458 e. The number of ether oxygens (including phenoxy) is 2. The highest BCUT2D eigenvalue weighted by atomic mass is 16.7. The van der Waals surface area contributed by atoms with Gasteiger partial charge in [0.05, 0.1) is 16.8 Å². The zero-order chi connectivity index (χ0) is 25.3. The highest BCUT2D eigenvalue weighted by Gasteiger charge is 2.54. The van der Waals surface area contributed by atoms with Crippen molar-refractivity contribution in [1.29, 1.82) is 0 Å². The molecule has 7 heteroatoms. The number of hydrogen-bond donors (Lipinski definition) is 0. The monoisotopic (exact) mass is 476 g/mol. The van der Waals surface area contributed by atoms with Gasteiger partial charge in [-0.25, -0.2) is 9.59 Å². The Morgan fingerprint density at radius 2 is 1.57 bits per heavy atom. The van der Waals surface area contributed by atoms with E-state index in [0.717, 1.165) is 16.6 Å². The lowest BCUT2D eigenvalue weighted by Gasteiger charge is -2.34. The largest absolute Gasteiger partial charge is 0.490 e. The number of allylic oxidation sites excluding steroid dienone is 1. The highest BCUT2D eigenvalue weighted by molar-refractivity contribution is 6.54. The molecule has 0 amide bonds. The van der Waals surface area contributed by atoms with Crippen LogP contribution in [0.25, 0.3) is 0 Å². The van der Waals surface area contributed by atoms with Gasteiger partial charge in [-0.2, -0.15) is 0 Å². The van der Waals surface area contributed by atoms with Crippen molar-refractivity contribution >= 4 is 19.1 Å². The van der Waals surface area contributed by atoms with E-state index in [0.29, 0.717) is 12.0 Å². The molecule has 184 valence electrons. The van der Waals surface area contributed by atoms with Crippen LogP contribution in [0.5, 0.6) is 0 Å². The summed E-state index contributed by atoms with van der Waals surface area (Å²) in [4.78, 5) is 26.5. The molecular formula is C28H33BO6. The summed E-state index contributed by atoms with van der Waals surface area (Å²) in [5, 5.41) is 0. The second-order valence-corrected chi connectivity index (χ2v) is 10.3. The first-order valence-corrected chi connectivity index (χ1v) is 12.1. The standard InChI is InChI=1S/C28H33BO6/c1-20-11-9-10-14-23(20)24(30)33-28(25(31)32-19-21-12-7-6-8-13-21)17-15-22(16-18-28)29-34-26(2,3)27(4,5)35-29/h6-15H,16-19H2,1-5H3. The molecule has 0 bridgehead atoms. The highest BCUT2D eigenvalue weighted by Crippen LogP contribution is 2.42. The summed E-state index contributed by atoms with van der Waals surface area (Å²) in [6, 6.07) is 16.6. The fourth-order valence-electron chi connectivity index (χ4n) is 4.26. The fraction of sp³-hybridized carbons (Fsp3) is 0.429. The number of benzene rings is 2. The average Bonchev–Trinajstić information content (AvgIpc) is 3.05. The van der Waals surface area contributed by atoms with Gasteiger partial charge in [0.1, 0.15) is 6.61 Å². The molecule has 1 aliphatic heterocycles. The summed E-state index contributed by atoms with van der Waals surface area (Å²) in [6.07, 6.45) is 2.87. The molecule has 1 atom stereocenters. The van der Waals surface area contributed by atoms with E-state index in [4.69, 9.17) is 18.8 Å². The molecule has 2 aromatic carbocycles. The Hall–Kier alpha value is -2.90. The van der Waals surface area contributed by atoms with Crippen molar-refractivity contribution in [2.75, 3.05) is 0 Å². The Kier molecular flexibility index (Phi) is 6.94. The van der Waals surface area contributed by atoms with E-state index in [-0.39, 0.29) is 19.4 Å². The van der Waals surface area contributed by atoms with Crippen LogP contribution < -0.4 is 0 Å². The molecule has 0 saturated carbocycles. The second-order valence-electron chi connectivity index (χ2n) is 10.3. The Morgan fingerprint density at radius 1 is 0.943 bits per heavy atom. The number of hydrogen-bond acceptors (Lipinski definition) is 6. The van der Waals surface area contributed by atoms with Gasteiger partial charge in [-0.15, -0.1) is 0 Å². The number of carbonyl (C=O) groups excluding carboxylic acids is 2. The molecule has 0 N–H and O–H groups in total. The van der Waals surface area contributed by atoms with Crippen molar-refractivity contribution in [3.63, 3.8) is 0 Å². The molecule has 1 aliphatic carbocycles. The van der Waals surface area contributed by atoms with E-state index in [2.05, 4.69) is 0 Å². The van der Waals surface area contributed by atoms with Gasteiger partial charge >= 0.3 is 19.1 Å². The summed E-state index contributed by atoms with van der Waals surface area (Å²) in [5.41, 5.74) is 0.699. The van der Waals surface area contributed by atoms with Gasteiger partial charge in [-0.3, -0.25) is 0 Å². The Bertz CT molecular complexity index is 1110. The predicted octanol–water partition coefficient (Wildman–Crippen LogP) is 5.38. The maximum atomic E-state index is 13.4. The van der Waals surface area contributed by atoms with Crippen LogP contribution >= 0.6 is 0 Å². The summed E-state index contributed by atoms with van der Waals surface area (Å²) in [5.74, 6) is -1.08. The Labute approximate surface area is 207 Å². The molecule has 1 unspecified atom stereocenters. The molecule has 35 heavy (non-hydrogen) atoms. The maximum Gasteiger partial charge on any atom is 0.490 e. The van der Waals surface area contributed by atoms with Crippen molar-refractivity contribution in [1.82, 2.24) is 0 Å². The van der Waals surface area contributed by atoms with Gasteiger partial charge in [-0.1, -0.05) is 54.6 Å². The summed E-state index contributed by atoms with van der Waals surface area (Å²) in [7, 11) is -0.495. The molecule has 1 saturated heterocycles. The van der Waals surface area contributed by atoms with Gasteiger partial charge in [0.2, 0.25) is 5.60 Å². The van der Waals surface area contributed by atoms with Crippen molar-refractivity contribution in [3.8, 4) is 0 Å². The van der Waals surface area contributed by atoms with Crippen molar-refractivity contribution in [2.24, 2.45) is 0 Å². The van der Waals surface area contributed by atoms with E-state index in [1.54, 1.807) is 12.1 Å².